The number of nitrogens with zero attached hydrogens (tertiary/aromatic N) is 1. The Bertz CT molecular complexity index is 1220. The minimum absolute atomic E-state index is 0.0271. The molecule has 2 heterocycles. The van der Waals surface area contributed by atoms with Crippen molar-refractivity contribution in [3.05, 3.63) is 82.0 Å². The van der Waals surface area contributed by atoms with E-state index >= 15 is 0 Å². The molecular formula is C23H22Cl2N2O5S. The monoisotopic (exact) mass is 508 g/mol. The molecule has 10 heteroatoms. The normalized spacial score (nSPS) is 15.8. The van der Waals surface area contributed by atoms with Gasteiger partial charge in [0.25, 0.3) is 5.91 Å². The summed E-state index contributed by atoms with van der Waals surface area (Å²) in [5.41, 5.74) is 0.895. The summed E-state index contributed by atoms with van der Waals surface area (Å²) in [4.78, 5) is 15.0. The molecule has 0 bridgehead atoms. The molecule has 1 aromatic heterocycles. The second kappa shape index (κ2) is 10.3. The Labute approximate surface area is 202 Å². The van der Waals surface area contributed by atoms with E-state index in [4.69, 9.17) is 32.4 Å². The molecule has 3 aromatic rings. The predicted octanol–water partition coefficient (Wildman–Crippen LogP) is 4.22. The second-order valence-electron chi connectivity index (χ2n) is 7.47. The highest BCUT2D eigenvalue weighted by Gasteiger charge is 2.27. The van der Waals surface area contributed by atoms with Crippen LogP contribution in [-0.4, -0.2) is 52.1 Å². The lowest BCUT2D eigenvalue weighted by atomic mass is 10.0. The summed E-state index contributed by atoms with van der Waals surface area (Å²) in [6.07, 6.45) is 0. The predicted molar refractivity (Wildman–Crippen MR) is 125 cm³/mol. The van der Waals surface area contributed by atoms with Crippen LogP contribution in [0.2, 0.25) is 10.0 Å². The molecule has 1 saturated heterocycles. The van der Waals surface area contributed by atoms with E-state index in [-0.39, 0.29) is 28.3 Å². The molecule has 0 radical (unpaired) electrons. The molecule has 1 N–H and O–H groups in total. The van der Waals surface area contributed by atoms with E-state index in [1.54, 1.807) is 0 Å². The van der Waals surface area contributed by atoms with Crippen molar-refractivity contribution in [2.45, 2.75) is 16.0 Å². The molecule has 1 unspecified atom stereocenters. The van der Waals surface area contributed by atoms with E-state index < -0.39 is 15.7 Å². The fourth-order valence-corrected chi connectivity index (χ4v) is 5.22. The number of carbonyl (C=O) groups excluding carboxylic acids is 1. The zero-order valence-corrected chi connectivity index (χ0v) is 19.9. The van der Waals surface area contributed by atoms with Gasteiger partial charge in [0.05, 0.1) is 24.2 Å². The Morgan fingerprint density at radius 3 is 2.39 bits per heavy atom. The van der Waals surface area contributed by atoms with Gasteiger partial charge in [-0.15, -0.1) is 0 Å². The van der Waals surface area contributed by atoms with Crippen LogP contribution in [-0.2, 0) is 14.6 Å². The highest BCUT2D eigenvalue weighted by molar-refractivity contribution is 7.91. The molecule has 0 saturated carbocycles. The summed E-state index contributed by atoms with van der Waals surface area (Å²) >= 11 is 12.3. The van der Waals surface area contributed by atoms with E-state index in [0.717, 1.165) is 5.56 Å². The number of rotatable bonds is 7. The van der Waals surface area contributed by atoms with Crippen molar-refractivity contribution in [3.8, 4) is 0 Å². The van der Waals surface area contributed by atoms with E-state index in [0.29, 0.717) is 36.3 Å². The third-order valence-electron chi connectivity index (χ3n) is 5.40. The maximum atomic E-state index is 12.8. The quantitative estimate of drug-likeness (QED) is 0.513. The Morgan fingerprint density at radius 2 is 1.70 bits per heavy atom. The first-order chi connectivity index (χ1) is 15.9. The van der Waals surface area contributed by atoms with Crippen LogP contribution in [0.5, 0.6) is 0 Å². The average Bonchev–Trinajstić information content (AvgIpc) is 3.33. The van der Waals surface area contributed by atoms with Crippen molar-refractivity contribution >= 4 is 38.9 Å². The number of hydrogen-bond donors (Lipinski definition) is 1. The van der Waals surface area contributed by atoms with Crippen LogP contribution >= 0.6 is 23.2 Å². The molecule has 1 aliphatic rings. The molecule has 0 aliphatic carbocycles. The molecule has 0 spiro atoms. The number of carbonyl (C=O) groups is 1. The fourth-order valence-electron chi connectivity index (χ4n) is 3.66. The molecule has 1 fully saturated rings. The van der Waals surface area contributed by atoms with Gasteiger partial charge in [0, 0.05) is 29.7 Å². The first-order valence-corrected chi connectivity index (χ1v) is 12.5. The van der Waals surface area contributed by atoms with Gasteiger partial charge in [-0.2, -0.15) is 0 Å². The van der Waals surface area contributed by atoms with Crippen LogP contribution in [0.25, 0.3) is 0 Å². The highest BCUT2D eigenvalue weighted by Crippen LogP contribution is 2.28. The third-order valence-corrected chi connectivity index (χ3v) is 7.64. The molecule has 4 rings (SSSR count). The van der Waals surface area contributed by atoms with Gasteiger partial charge in [-0.05, 0) is 48.0 Å². The highest BCUT2D eigenvalue weighted by atomic mass is 35.5. The zero-order chi connectivity index (χ0) is 23.4. The summed E-state index contributed by atoms with van der Waals surface area (Å²) in [5, 5.41) is 3.56. The topological polar surface area (TPSA) is 88.9 Å². The van der Waals surface area contributed by atoms with Gasteiger partial charge < -0.3 is 14.5 Å². The maximum Gasteiger partial charge on any atom is 0.287 e. The molecule has 33 heavy (non-hydrogen) atoms. The number of nitrogens with one attached hydrogen (secondary N) is 1. The molecule has 7 nitrogen and oxygen atoms in total. The lowest BCUT2D eigenvalue weighted by molar-refractivity contribution is 0.0161. The SMILES string of the molecule is O=C(NCC(c1ccccc1Cl)N1CCOCC1)c1ccc(S(=O)(=O)c2ccc(Cl)cc2)o1. The van der Waals surface area contributed by atoms with Crippen molar-refractivity contribution in [2.75, 3.05) is 32.8 Å². The smallest absolute Gasteiger partial charge is 0.287 e. The van der Waals surface area contributed by atoms with Crippen LogP contribution in [0.1, 0.15) is 22.2 Å². The number of ether oxygens (including phenoxy) is 1. The van der Waals surface area contributed by atoms with Gasteiger partial charge >= 0.3 is 0 Å². The lowest BCUT2D eigenvalue weighted by Gasteiger charge is -2.35. The van der Waals surface area contributed by atoms with Crippen molar-refractivity contribution in [2.24, 2.45) is 0 Å². The number of hydrogen-bond acceptors (Lipinski definition) is 6. The van der Waals surface area contributed by atoms with Gasteiger partial charge in [-0.25, -0.2) is 8.42 Å². The zero-order valence-electron chi connectivity index (χ0n) is 17.5. The maximum absolute atomic E-state index is 12.8. The number of morpholine rings is 1. The van der Waals surface area contributed by atoms with Crippen LogP contribution in [0, 0.1) is 0 Å². The first-order valence-electron chi connectivity index (χ1n) is 10.3. The Hall–Kier alpha value is -2.36. The van der Waals surface area contributed by atoms with Crippen LogP contribution in [0.4, 0.5) is 0 Å². The van der Waals surface area contributed by atoms with Crippen molar-refractivity contribution in [1.29, 1.82) is 0 Å². The first kappa shape index (κ1) is 23.8. The summed E-state index contributed by atoms with van der Waals surface area (Å²) in [7, 11) is -3.91. The Balaban J connectivity index is 1.50. The minimum Gasteiger partial charge on any atom is -0.439 e. The fraction of sp³-hybridized carbons (Fsp3) is 0.261. The van der Waals surface area contributed by atoms with Gasteiger partial charge in [0.2, 0.25) is 14.9 Å². The lowest BCUT2D eigenvalue weighted by Crippen LogP contribution is -2.43. The van der Waals surface area contributed by atoms with Gasteiger partial charge in [0.1, 0.15) is 0 Å². The average molecular weight is 509 g/mol. The van der Waals surface area contributed by atoms with Crippen LogP contribution < -0.4 is 5.32 Å². The molecule has 174 valence electrons. The number of halogens is 2. The third kappa shape index (κ3) is 5.42. The number of furan rings is 1. The van der Waals surface area contributed by atoms with Crippen molar-refractivity contribution in [1.82, 2.24) is 10.2 Å². The molecule has 2 aromatic carbocycles. The van der Waals surface area contributed by atoms with E-state index in [2.05, 4.69) is 10.2 Å². The van der Waals surface area contributed by atoms with Crippen molar-refractivity contribution in [3.63, 3.8) is 0 Å². The largest absolute Gasteiger partial charge is 0.439 e. The second-order valence-corrected chi connectivity index (χ2v) is 10.2. The van der Waals surface area contributed by atoms with E-state index in [1.165, 1.54) is 36.4 Å². The molecule has 1 amide bonds. The van der Waals surface area contributed by atoms with E-state index in [9.17, 15) is 13.2 Å². The standard InChI is InChI=1S/C23H22Cl2N2O5S/c24-16-5-7-17(8-6-16)33(29,30)22-10-9-21(32-22)23(28)26-15-20(27-11-13-31-14-12-27)18-3-1-2-4-19(18)25/h1-10,20H,11-15H2,(H,26,28). The number of benzene rings is 2. The Kier molecular flexibility index (Phi) is 7.41. The number of sulfone groups is 1. The summed E-state index contributed by atoms with van der Waals surface area (Å²) in [5.74, 6) is -0.611. The van der Waals surface area contributed by atoms with Gasteiger partial charge in [-0.3, -0.25) is 9.69 Å². The summed E-state index contributed by atoms with van der Waals surface area (Å²) in [6, 6.07) is 15.7. The van der Waals surface area contributed by atoms with Crippen molar-refractivity contribution < 1.29 is 22.4 Å². The summed E-state index contributed by atoms with van der Waals surface area (Å²) in [6.45, 7) is 2.87. The number of amides is 1. The minimum atomic E-state index is -3.91. The van der Waals surface area contributed by atoms with E-state index in [1.807, 2.05) is 24.3 Å². The molecule has 1 aliphatic heterocycles. The van der Waals surface area contributed by atoms with Gasteiger partial charge in [0.15, 0.2) is 5.76 Å². The van der Waals surface area contributed by atoms with Gasteiger partial charge in [-0.1, -0.05) is 41.4 Å². The molecular weight excluding hydrogens is 487 g/mol. The Morgan fingerprint density at radius 1 is 1.00 bits per heavy atom. The summed E-state index contributed by atoms with van der Waals surface area (Å²) < 4.78 is 36.4. The van der Waals surface area contributed by atoms with Crippen LogP contribution in [0.15, 0.2) is 75.1 Å². The van der Waals surface area contributed by atoms with Crippen LogP contribution in [0.3, 0.4) is 0 Å². The molecule has 1 atom stereocenters.